The summed E-state index contributed by atoms with van der Waals surface area (Å²) >= 11 is 57.7. The van der Waals surface area contributed by atoms with E-state index in [1.807, 2.05) is 48.5 Å². The maximum absolute atomic E-state index is 13.4. The summed E-state index contributed by atoms with van der Waals surface area (Å²) in [5.41, 5.74) is 6.90. The van der Waals surface area contributed by atoms with E-state index in [0.29, 0.717) is 43.1 Å². The summed E-state index contributed by atoms with van der Waals surface area (Å²) in [4.78, 5) is 107. The maximum atomic E-state index is 13.4. The zero-order valence-electron chi connectivity index (χ0n) is 48.9. The van der Waals surface area contributed by atoms with Gasteiger partial charge in [0, 0.05) is 23.7 Å². The third kappa shape index (κ3) is 15.4. The van der Waals surface area contributed by atoms with Crippen LogP contribution in [0.2, 0.25) is 0 Å². The van der Waals surface area contributed by atoms with Crippen molar-refractivity contribution in [3.05, 3.63) is 186 Å². The van der Waals surface area contributed by atoms with Crippen molar-refractivity contribution in [3.8, 4) is 0 Å². The largest absolute Gasteiger partial charge is 0.465 e. The van der Waals surface area contributed by atoms with E-state index in [1.165, 1.54) is 56.9 Å². The minimum atomic E-state index is -0.750. The fourth-order valence-corrected chi connectivity index (χ4v) is 12.0. The second-order valence-electron chi connectivity index (χ2n) is 19.7. The molecule has 0 atom stereocenters. The lowest BCUT2D eigenvalue weighted by Gasteiger charge is -2.50. The monoisotopic (exact) mass is 1490 g/mol. The standard InChI is InChI=1S/C60H44O16.4CHCl3/c1-69-53(61)41-17-25-9-33-34(10-26(25)18-42(41)54(62)70-2)50-36-12-28-20-44(56(64)72-4)43(55(63)71-3)19-27(28)11-35(36)49(33)51-37-13-29-21-45(57(65)73-5)47(59(67)75-7)23-31(29)15-39(37)52(50)40-16-32-24-48(60(68)76-8)46(58(66)74-6)22-30(32)14-38(40)51;4*2-1(3)4/h9-24,49-52H,1-8H3;4*1H. The second-order valence-corrected chi connectivity index (χ2v) is 27.7. The number of fused-ring (bicyclic) bond motifs is 4. The molecule has 6 aliphatic carbocycles. The average molecular weight is 1500 g/mol. The van der Waals surface area contributed by atoms with Gasteiger partial charge in [-0.1, -0.05) is 188 Å². The number of carbonyl (C=O) groups is 8. The number of benzene rings is 8. The molecule has 8 aromatic rings. The molecule has 0 saturated heterocycles. The summed E-state index contributed by atoms with van der Waals surface area (Å²) < 4.78 is 38.3. The molecule has 0 fully saturated rings. The van der Waals surface area contributed by atoms with Crippen LogP contribution in [0.15, 0.2) is 97.1 Å². The first kappa shape index (κ1) is 73.5. The normalized spacial score (nSPS) is 15.0. The van der Waals surface area contributed by atoms with E-state index >= 15 is 0 Å². The summed E-state index contributed by atoms with van der Waals surface area (Å²) in [5.74, 6) is -8.37. The number of carbonyl (C=O) groups excluding carboxylic acids is 8. The van der Waals surface area contributed by atoms with Crippen LogP contribution >= 0.6 is 139 Å². The van der Waals surface area contributed by atoms with Crippen molar-refractivity contribution in [2.75, 3.05) is 56.9 Å². The summed E-state index contributed by atoms with van der Waals surface area (Å²) in [7, 11) is 9.79. The van der Waals surface area contributed by atoms with E-state index in [2.05, 4.69) is 0 Å². The topological polar surface area (TPSA) is 210 Å². The Balaban J connectivity index is 0.000000675. The van der Waals surface area contributed by atoms with Crippen LogP contribution in [-0.2, 0) is 37.9 Å². The number of ether oxygens (including phenoxy) is 8. The Kier molecular flexibility index (Phi) is 25.2. The molecule has 0 unspecified atom stereocenters. The molecule has 4 bridgehead atoms. The Bertz CT molecular complexity index is 3490. The van der Waals surface area contributed by atoms with Crippen molar-refractivity contribution in [1.29, 1.82) is 0 Å². The van der Waals surface area contributed by atoms with Gasteiger partial charge < -0.3 is 37.9 Å². The van der Waals surface area contributed by atoms with Crippen molar-refractivity contribution < 1.29 is 76.3 Å². The number of alkyl halides is 12. The quantitative estimate of drug-likeness (QED) is 0.0786. The molecule has 484 valence electrons. The molecule has 8 aromatic carbocycles. The van der Waals surface area contributed by atoms with E-state index in [4.69, 9.17) is 177 Å². The number of hydrogen-bond donors (Lipinski definition) is 0. The SMILES string of the molecule is COC(=O)c1cc2cc3c(cc2cc1C(=O)OC)C1c2cc4cc(C(=O)OC)c(C(=O)OC)cc4cc2C3C2c3cc4cc(C(=O)OC)c(C(=O)OC)cc4cc3C1c1cc3cc(C(=O)OC)c(C(=O)OC)cc3cc12.ClC(Cl)Cl.ClC(Cl)Cl.ClC(Cl)Cl.ClC(Cl)Cl. The Morgan fingerprint density at radius 1 is 0.217 bits per heavy atom. The lowest BCUT2D eigenvalue weighted by atomic mass is 9.52. The van der Waals surface area contributed by atoms with Gasteiger partial charge in [0.05, 0.1) is 101 Å². The second kappa shape index (κ2) is 31.5. The zero-order valence-corrected chi connectivity index (χ0v) is 58.0. The molecule has 0 amide bonds. The summed E-state index contributed by atoms with van der Waals surface area (Å²) in [6.07, 6.45) is 0. The molecule has 16 nitrogen and oxygen atoms in total. The molecule has 0 heterocycles. The number of rotatable bonds is 8. The fourth-order valence-electron chi connectivity index (χ4n) is 12.0. The molecular formula is C64H48Cl12O16. The Labute approximate surface area is 585 Å². The van der Waals surface area contributed by atoms with Gasteiger partial charge in [-0.25, -0.2) is 38.4 Å². The molecule has 28 heteroatoms. The Hall–Kier alpha value is -5.96. The van der Waals surface area contributed by atoms with Crippen LogP contribution in [0, 0.1) is 0 Å². The summed E-state index contributed by atoms with van der Waals surface area (Å²) in [6.45, 7) is 0. The van der Waals surface area contributed by atoms with E-state index in [1.54, 1.807) is 48.5 Å². The number of methoxy groups -OCH3 is 8. The van der Waals surface area contributed by atoms with Gasteiger partial charge >= 0.3 is 47.8 Å². The minimum absolute atomic E-state index is 0.00318. The lowest BCUT2D eigenvalue weighted by Crippen LogP contribution is -2.36. The Morgan fingerprint density at radius 3 is 0.380 bits per heavy atom. The Morgan fingerprint density at radius 2 is 0.304 bits per heavy atom. The predicted molar refractivity (Wildman–Crippen MR) is 359 cm³/mol. The van der Waals surface area contributed by atoms with E-state index < -0.39 is 88.6 Å². The first-order valence-corrected chi connectivity index (χ1v) is 31.6. The predicted octanol–water partition coefficient (Wildman–Crippen LogP) is 17.4. The van der Waals surface area contributed by atoms with Gasteiger partial charge in [-0.2, -0.15) is 0 Å². The first-order chi connectivity index (χ1) is 43.5. The molecular weight excluding hydrogens is 1450 g/mol. The molecule has 0 spiro atoms. The molecule has 6 aliphatic rings. The van der Waals surface area contributed by atoms with Gasteiger partial charge in [0.25, 0.3) is 0 Å². The average Bonchev–Trinajstić information content (AvgIpc) is 0.678. The van der Waals surface area contributed by atoms with Crippen LogP contribution in [0.25, 0.3) is 43.1 Å². The third-order valence-corrected chi connectivity index (χ3v) is 15.3. The highest BCUT2D eigenvalue weighted by molar-refractivity contribution is 6.64. The van der Waals surface area contributed by atoms with Crippen LogP contribution < -0.4 is 0 Å². The third-order valence-electron chi connectivity index (χ3n) is 15.3. The van der Waals surface area contributed by atoms with Gasteiger partial charge in [-0.3, -0.25) is 0 Å². The number of esters is 8. The minimum Gasteiger partial charge on any atom is -0.465 e. The van der Waals surface area contributed by atoms with Crippen molar-refractivity contribution in [3.63, 3.8) is 0 Å². The van der Waals surface area contributed by atoms with Crippen molar-refractivity contribution in [2.24, 2.45) is 0 Å². The van der Waals surface area contributed by atoms with Crippen LogP contribution in [0.5, 0.6) is 0 Å². The highest BCUT2D eigenvalue weighted by Crippen LogP contribution is 2.65. The zero-order chi connectivity index (χ0) is 68.1. The van der Waals surface area contributed by atoms with Gasteiger partial charge in [0.15, 0.2) is 17.2 Å². The highest BCUT2D eigenvalue weighted by atomic mass is 35.6. The molecule has 92 heavy (non-hydrogen) atoms. The maximum Gasteiger partial charge on any atom is 0.338 e. The smallest absolute Gasteiger partial charge is 0.338 e. The molecule has 0 N–H and O–H groups in total. The van der Waals surface area contributed by atoms with E-state index in [-0.39, 0.29) is 44.5 Å². The van der Waals surface area contributed by atoms with Crippen molar-refractivity contribution in [2.45, 2.75) is 40.9 Å². The van der Waals surface area contributed by atoms with Gasteiger partial charge in [0.2, 0.25) is 0 Å². The van der Waals surface area contributed by atoms with Crippen LogP contribution in [0.3, 0.4) is 0 Å². The summed E-state index contributed by atoms with van der Waals surface area (Å²) in [5, 5.41) is 4.89. The van der Waals surface area contributed by atoms with E-state index in [9.17, 15) is 38.4 Å². The van der Waals surface area contributed by atoms with Crippen molar-refractivity contribution in [1.82, 2.24) is 0 Å². The summed E-state index contributed by atoms with van der Waals surface area (Å²) in [6, 6.07) is 29.0. The molecule has 0 radical (unpaired) electrons. The van der Waals surface area contributed by atoms with Crippen LogP contribution in [0.1, 0.15) is 151 Å². The fraction of sp³-hybridized carbons (Fsp3) is 0.250. The number of hydrogen-bond acceptors (Lipinski definition) is 16. The molecule has 0 aromatic heterocycles. The highest BCUT2D eigenvalue weighted by Gasteiger charge is 2.51. The lowest BCUT2D eigenvalue weighted by molar-refractivity contribution is 0.0555. The van der Waals surface area contributed by atoms with Crippen molar-refractivity contribution >= 4 is 230 Å². The molecule has 0 saturated carbocycles. The molecule has 0 aliphatic heterocycles. The van der Waals surface area contributed by atoms with Gasteiger partial charge in [-0.15, -0.1) is 0 Å². The molecule has 14 rings (SSSR count). The first-order valence-electron chi connectivity index (χ1n) is 26.4. The van der Waals surface area contributed by atoms with E-state index in [0.717, 1.165) is 44.5 Å². The van der Waals surface area contributed by atoms with Gasteiger partial charge in [0.1, 0.15) is 0 Å². The van der Waals surface area contributed by atoms with Gasteiger partial charge in [-0.05, 0) is 136 Å². The van der Waals surface area contributed by atoms with Crippen LogP contribution in [0.4, 0.5) is 0 Å². The van der Waals surface area contributed by atoms with Crippen LogP contribution in [-0.4, -0.2) is 122 Å². The number of halogens is 12.